The highest BCUT2D eigenvalue weighted by molar-refractivity contribution is 5.34. The van der Waals surface area contributed by atoms with Gasteiger partial charge in [-0.2, -0.15) is 0 Å². The Morgan fingerprint density at radius 2 is 1.86 bits per heavy atom. The van der Waals surface area contributed by atoms with E-state index < -0.39 is 0 Å². The lowest BCUT2D eigenvalue weighted by Gasteiger charge is -2.11. The van der Waals surface area contributed by atoms with E-state index in [1.165, 1.54) is 5.56 Å². The van der Waals surface area contributed by atoms with E-state index in [0.717, 1.165) is 36.7 Å². The summed E-state index contributed by atoms with van der Waals surface area (Å²) in [5, 5.41) is 3.26. The van der Waals surface area contributed by atoms with Gasteiger partial charge in [-0.05, 0) is 42.6 Å². The molecule has 1 aromatic heterocycles. The molecule has 0 amide bonds. The van der Waals surface area contributed by atoms with E-state index in [-0.39, 0.29) is 0 Å². The second-order valence-corrected chi connectivity index (χ2v) is 5.24. The molecule has 1 unspecified atom stereocenters. The smallest absolute Gasteiger partial charge is 0.130 e. The van der Waals surface area contributed by atoms with Crippen molar-refractivity contribution in [1.29, 1.82) is 0 Å². The SMILES string of the molecule is CCNCc1cc(Oc2ccc(C(C)CC)cc2)ccn1. The van der Waals surface area contributed by atoms with Gasteiger partial charge in [0.2, 0.25) is 0 Å². The van der Waals surface area contributed by atoms with Crippen LogP contribution in [0.15, 0.2) is 42.6 Å². The van der Waals surface area contributed by atoms with E-state index in [9.17, 15) is 0 Å². The molecule has 0 fully saturated rings. The highest BCUT2D eigenvalue weighted by Gasteiger charge is 2.04. The minimum Gasteiger partial charge on any atom is -0.457 e. The van der Waals surface area contributed by atoms with Crippen LogP contribution in [0.3, 0.4) is 0 Å². The molecule has 0 saturated carbocycles. The Hall–Kier alpha value is -1.87. The fourth-order valence-corrected chi connectivity index (χ4v) is 2.11. The number of hydrogen-bond donors (Lipinski definition) is 1. The summed E-state index contributed by atoms with van der Waals surface area (Å²) in [5.41, 5.74) is 2.35. The first-order chi connectivity index (χ1) is 10.2. The van der Waals surface area contributed by atoms with Crippen molar-refractivity contribution in [2.45, 2.75) is 39.7 Å². The van der Waals surface area contributed by atoms with Crippen LogP contribution in [0.2, 0.25) is 0 Å². The molecule has 0 aliphatic carbocycles. The maximum absolute atomic E-state index is 5.90. The average Bonchev–Trinajstić information content (AvgIpc) is 2.53. The topological polar surface area (TPSA) is 34.1 Å². The lowest BCUT2D eigenvalue weighted by atomic mass is 9.99. The summed E-state index contributed by atoms with van der Waals surface area (Å²) in [6, 6.07) is 12.2. The molecule has 0 bridgehead atoms. The second-order valence-electron chi connectivity index (χ2n) is 5.24. The summed E-state index contributed by atoms with van der Waals surface area (Å²) in [7, 11) is 0. The third-order valence-electron chi connectivity index (χ3n) is 3.64. The van der Waals surface area contributed by atoms with Gasteiger partial charge < -0.3 is 10.1 Å². The van der Waals surface area contributed by atoms with Crippen LogP contribution in [-0.2, 0) is 6.54 Å². The van der Waals surface area contributed by atoms with Gasteiger partial charge in [-0.1, -0.05) is 32.9 Å². The molecule has 3 nitrogen and oxygen atoms in total. The van der Waals surface area contributed by atoms with Gasteiger partial charge in [-0.15, -0.1) is 0 Å². The van der Waals surface area contributed by atoms with Crippen molar-refractivity contribution in [1.82, 2.24) is 10.3 Å². The highest BCUT2D eigenvalue weighted by Crippen LogP contribution is 2.25. The number of nitrogens with one attached hydrogen (secondary N) is 1. The minimum atomic E-state index is 0.590. The highest BCUT2D eigenvalue weighted by atomic mass is 16.5. The fourth-order valence-electron chi connectivity index (χ4n) is 2.11. The third-order valence-corrected chi connectivity index (χ3v) is 3.64. The molecule has 0 aliphatic rings. The minimum absolute atomic E-state index is 0.590. The van der Waals surface area contributed by atoms with Crippen molar-refractivity contribution >= 4 is 0 Å². The van der Waals surface area contributed by atoms with Gasteiger partial charge >= 0.3 is 0 Å². The van der Waals surface area contributed by atoms with E-state index in [1.54, 1.807) is 6.20 Å². The summed E-state index contributed by atoms with van der Waals surface area (Å²) in [6.45, 7) is 8.23. The largest absolute Gasteiger partial charge is 0.457 e. The van der Waals surface area contributed by atoms with Crippen LogP contribution in [0.25, 0.3) is 0 Å². The summed E-state index contributed by atoms with van der Waals surface area (Å²) >= 11 is 0. The van der Waals surface area contributed by atoms with Crippen molar-refractivity contribution in [3.63, 3.8) is 0 Å². The fraction of sp³-hybridized carbons (Fsp3) is 0.389. The zero-order chi connectivity index (χ0) is 15.1. The molecule has 0 spiro atoms. The molecule has 1 atom stereocenters. The van der Waals surface area contributed by atoms with Gasteiger partial charge in [-0.3, -0.25) is 4.98 Å². The summed E-state index contributed by atoms with van der Waals surface area (Å²) in [6.07, 6.45) is 2.94. The van der Waals surface area contributed by atoms with Crippen molar-refractivity contribution in [3.8, 4) is 11.5 Å². The van der Waals surface area contributed by atoms with E-state index in [0.29, 0.717) is 5.92 Å². The Morgan fingerprint density at radius 3 is 2.52 bits per heavy atom. The van der Waals surface area contributed by atoms with E-state index in [4.69, 9.17) is 4.74 Å². The molecule has 0 saturated heterocycles. The Kier molecular flexibility index (Phi) is 5.76. The number of aromatic nitrogens is 1. The molecule has 1 N–H and O–H groups in total. The molecule has 1 heterocycles. The second kappa shape index (κ2) is 7.79. The molecule has 1 aromatic carbocycles. The van der Waals surface area contributed by atoms with Crippen LogP contribution in [0.5, 0.6) is 11.5 Å². The molecule has 0 radical (unpaired) electrons. The Labute approximate surface area is 127 Å². The number of nitrogens with zero attached hydrogens (tertiary/aromatic N) is 1. The lowest BCUT2D eigenvalue weighted by molar-refractivity contribution is 0.480. The number of rotatable bonds is 7. The predicted molar refractivity (Wildman–Crippen MR) is 86.8 cm³/mol. The Bertz CT molecular complexity index is 551. The van der Waals surface area contributed by atoms with Gasteiger partial charge in [0.15, 0.2) is 0 Å². The molecular weight excluding hydrogens is 260 g/mol. The first-order valence-corrected chi connectivity index (χ1v) is 7.66. The van der Waals surface area contributed by atoms with E-state index in [2.05, 4.69) is 43.2 Å². The van der Waals surface area contributed by atoms with Crippen molar-refractivity contribution in [2.75, 3.05) is 6.54 Å². The van der Waals surface area contributed by atoms with Gasteiger partial charge in [0, 0.05) is 18.8 Å². The van der Waals surface area contributed by atoms with E-state index in [1.807, 2.05) is 24.3 Å². The number of ether oxygens (including phenoxy) is 1. The van der Waals surface area contributed by atoms with Gasteiger partial charge in [0.05, 0.1) is 5.69 Å². The molecule has 21 heavy (non-hydrogen) atoms. The van der Waals surface area contributed by atoms with Gasteiger partial charge in [0.25, 0.3) is 0 Å². The summed E-state index contributed by atoms with van der Waals surface area (Å²) in [5.74, 6) is 2.28. The van der Waals surface area contributed by atoms with Crippen molar-refractivity contribution < 1.29 is 4.74 Å². The zero-order valence-corrected chi connectivity index (χ0v) is 13.1. The van der Waals surface area contributed by atoms with Gasteiger partial charge in [-0.25, -0.2) is 0 Å². The zero-order valence-electron chi connectivity index (χ0n) is 13.1. The Balaban J connectivity index is 2.04. The van der Waals surface area contributed by atoms with Crippen LogP contribution in [-0.4, -0.2) is 11.5 Å². The number of pyridine rings is 1. The Morgan fingerprint density at radius 1 is 1.10 bits per heavy atom. The monoisotopic (exact) mass is 284 g/mol. The van der Waals surface area contributed by atoms with Crippen molar-refractivity contribution in [2.24, 2.45) is 0 Å². The lowest BCUT2D eigenvalue weighted by Crippen LogP contribution is -2.12. The molecule has 3 heteroatoms. The van der Waals surface area contributed by atoms with Crippen LogP contribution in [0.4, 0.5) is 0 Å². The molecule has 0 aliphatic heterocycles. The average molecular weight is 284 g/mol. The van der Waals surface area contributed by atoms with E-state index >= 15 is 0 Å². The molecule has 112 valence electrons. The van der Waals surface area contributed by atoms with Crippen LogP contribution in [0, 0.1) is 0 Å². The molecule has 2 aromatic rings. The number of benzene rings is 1. The maximum atomic E-state index is 5.90. The number of hydrogen-bond acceptors (Lipinski definition) is 3. The standard InChI is InChI=1S/C18H24N2O/c1-4-14(3)15-6-8-17(9-7-15)21-18-10-11-20-16(12-18)13-19-5-2/h6-12,14,19H,4-5,13H2,1-3H3. The molecular formula is C18H24N2O. The predicted octanol–water partition coefficient (Wildman–Crippen LogP) is 4.50. The van der Waals surface area contributed by atoms with Crippen LogP contribution >= 0.6 is 0 Å². The van der Waals surface area contributed by atoms with Gasteiger partial charge in [0.1, 0.15) is 11.5 Å². The normalized spacial score (nSPS) is 12.1. The first-order valence-electron chi connectivity index (χ1n) is 7.66. The third kappa shape index (κ3) is 4.57. The summed E-state index contributed by atoms with van der Waals surface area (Å²) in [4.78, 5) is 4.32. The van der Waals surface area contributed by atoms with Crippen LogP contribution in [0.1, 0.15) is 44.4 Å². The quantitative estimate of drug-likeness (QED) is 0.813. The summed E-state index contributed by atoms with van der Waals surface area (Å²) < 4.78 is 5.90. The molecule has 2 rings (SSSR count). The van der Waals surface area contributed by atoms with Crippen molar-refractivity contribution in [3.05, 3.63) is 53.9 Å². The first kappa shape index (κ1) is 15.5. The maximum Gasteiger partial charge on any atom is 0.130 e. The van der Waals surface area contributed by atoms with Crippen LogP contribution < -0.4 is 10.1 Å².